The zero-order chi connectivity index (χ0) is 43.9. The zero-order valence-electron chi connectivity index (χ0n) is 39.4. The number of rotatable bonds is 44. The molecule has 0 saturated carbocycles. The van der Waals surface area contributed by atoms with Crippen molar-refractivity contribution in [2.24, 2.45) is 0 Å². The Kier molecular flexibility index (Phi) is 39.0. The molecule has 1 rings (SSSR count). The molecule has 0 aromatic carbocycles. The summed E-state index contributed by atoms with van der Waals surface area (Å²) in [5.41, 5.74) is 0. The van der Waals surface area contributed by atoms with E-state index in [1.165, 1.54) is 173 Å². The Morgan fingerprint density at radius 3 is 1.22 bits per heavy atom. The maximum absolute atomic E-state index is 13.1. The largest absolute Gasteiger partial charge is 0.394 e. The molecule has 1 aliphatic rings. The summed E-state index contributed by atoms with van der Waals surface area (Å²) in [7, 11) is 0. The van der Waals surface area contributed by atoms with Crippen molar-refractivity contribution in [2.45, 2.75) is 313 Å². The molecule has 1 saturated heterocycles. The van der Waals surface area contributed by atoms with Gasteiger partial charge in [0.1, 0.15) is 24.4 Å². The van der Waals surface area contributed by atoms with E-state index in [1.807, 2.05) is 0 Å². The average Bonchev–Trinajstić information content (AvgIpc) is 3.25. The van der Waals surface area contributed by atoms with Gasteiger partial charge in [-0.3, -0.25) is 4.79 Å². The lowest BCUT2D eigenvalue weighted by atomic mass is 9.91. The number of nitrogens with one attached hydrogen (secondary N) is 1. The standard InChI is InChI=1S/C51H101NO8/c1-3-5-7-9-11-13-15-17-18-19-20-21-22-23-24-25-27-29-31-33-35-41-47(55)52-43(38-36-37-40-45-49(57)51(59)50(58)46(42-53)60-45)48(56)44(54)39-34-32-30-28-26-16-14-12-10-8-6-4-2/h43-46,48-51,53-54,56-59H,3-42H2,1-2H3,(H,52,55)/t43?,44?,45-,46?,48?,49?,50+,51?/m1/s1. The van der Waals surface area contributed by atoms with E-state index in [0.717, 1.165) is 38.5 Å². The second-order valence-electron chi connectivity index (χ2n) is 18.9. The maximum atomic E-state index is 13.1. The summed E-state index contributed by atoms with van der Waals surface area (Å²) in [6.07, 6.45) is 37.7. The predicted molar refractivity (Wildman–Crippen MR) is 249 cm³/mol. The highest BCUT2D eigenvalue weighted by Gasteiger charge is 2.43. The second kappa shape index (κ2) is 40.9. The fourth-order valence-corrected chi connectivity index (χ4v) is 9.09. The highest BCUT2D eigenvalue weighted by Crippen LogP contribution is 2.26. The van der Waals surface area contributed by atoms with E-state index in [0.29, 0.717) is 38.5 Å². The number of aliphatic hydroxyl groups is 6. The molecule has 8 atom stereocenters. The van der Waals surface area contributed by atoms with Crippen LogP contribution in [-0.2, 0) is 9.53 Å². The molecule has 0 bridgehead atoms. The zero-order valence-corrected chi connectivity index (χ0v) is 39.4. The monoisotopic (exact) mass is 856 g/mol. The normalized spacial score (nSPS) is 21.0. The minimum absolute atomic E-state index is 0.0941. The fraction of sp³-hybridized carbons (Fsp3) is 0.980. The molecule has 1 amide bonds. The summed E-state index contributed by atoms with van der Waals surface area (Å²) < 4.78 is 5.66. The Balaban J connectivity index is 2.30. The summed E-state index contributed by atoms with van der Waals surface area (Å²) >= 11 is 0. The first-order valence-corrected chi connectivity index (χ1v) is 26.2. The lowest BCUT2D eigenvalue weighted by Crippen LogP contribution is -2.58. The number of aliphatic hydroxyl groups excluding tert-OH is 6. The molecular formula is C51H101NO8. The van der Waals surface area contributed by atoms with Crippen molar-refractivity contribution < 1.29 is 40.2 Å². The predicted octanol–water partition coefficient (Wildman–Crippen LogP) is 11.3. The highest BCUT2D eigenvalue weighted by atomic mass is 16.5. The van der Waals surface area contributed by atoms with Gasteiger partial charge in [-0.1, -0.05) is 232 Å². The molecule has 9 heteroatoms. The third-order valence-corrected chi connectivity index (χ3v) is 13.3. The van der Waals surface area contributed by atoms with Gasteiger partial charge in [-0.2, -0.15) is 0 Å². The van der Waals surface area contributed by atoms with E-state index in [2.05, 4.69) is 19.2 Å². The third-order valence-electron chi connectivity index (χ3n) is 13.3. The number of ether oxygens (including phenoxy) is 1. The van der Waals surface area contributed by atoms with Crippen molar-refractivity contribution in [3.63, 3.8) is 0 Å². The molecular weight excluding hydrogens is 755 g/mol. The average molecular weight is 856 g/mol. The van der Waals surface area contributed by atoms with E-state index in [1.54, 1.807) is 0 Å². The molecule has 1 fully saturated rings. The molecule has 0 aromatic heterocycles. The van der Waals surface area contributed by atoms with Crippen LogP contribution in [0.2, 0.25) is 0 Å². The summed E-state index contributed by atoms with van der Waals surface area (Å²) in [5, 5.41) is 65.5. The van der Waals surface area contributed by atoms with E-state index < -0.39 is 55.4 Å². The summed E-state index contributed by atoms with van der Waals surface area (Å²) in [5.74, 6) is -0.0941. The molecule has 1 heterocycles. The van der Waals surface area contributed by atoms with Crippen LogP contribution in [0.25, 0.3) is 0 Å². The first-order chi connectivity index (χ1) is 29.3. The van der Waals surface area contributed by atoms with Gasteiger partial charge >= 0.3 is 0 Å². The van der Waals surface area contributed by atoms with Crippen molar-refractivity contribution in [3.05, 3.63) is 0 Å². The van der Waals surface area contributed by atoms with Crippen LogP contribution in [0.3, 0.4) is 0 Å². The van der Waals surface area contributed by atoms with Crippen LogP contribution in [0.1, 0.15) is 264 Å². The van der Waals surface area contributed by atoms with Crippen molar-refractivity contribution in [2.75, 3.05) is 6.61 Å². The molecule has 1 aliphatic heterocycles. The number of carbonyl (C=O) groups is 1. The number of unbranched alkanes of at least 4 members (excludes halogenated alkanes) is 32. The number of amides is 1. The van der Waals surface area contributed by atoms with Crippen LogP contribution in [0, 0.1) is 0 Å². The molecule has 9 nitrogen and oxygen atoms in total. The first-order valence-electron chi connectivity index (χ1n) is 26.2. The van der Waals surface area contributed by atoms with Crippen LogP contribution in [-0.4, -0.2) is 91.9 Å². The third kappa shape index (κ3) is 30.3. The van der Waals surface area contributed by atoms with Gasteiger partial charge in [-0.15, -0.1) is 0 Å². The molecule has 358 valence electrons. The Labute approximate surface area is 370 Å². The Morgan fingerprint density at radius 2 is 0.817 bits per heavy atom. The van der Waals surface area contributed by atoms with Crippen LogP contribution in [0.4, 0.5) is 0 Å². The highest BCUT2D eigenvalue weighted by molar-refractivity contribution is 5.76. The minimum Gasteiger partial charge on any atom is -0.394 e. The Morgan fingerprint density at radius 1 is 0.467 bits per heavy atom. The van der Waals surface area contributed by atoms with Gasteiger partial charge in [-0.25, -0.2) is 0 Å². The van der Waals surface area contributed by atoms with E-state index in [4.69, 9.17) is 4.74 Å². The van der Waals surface area contributed by atoms with Gasteiger partial charge in [0, 0.05) is 6.42 Å². The first kappa shape index (κ1) is 57.2. The summed E-state index contributed by atoms with van der Waals surface area (Å²) in [6, 6.07) is -0.588. The molecule has 0 aromatic rings. The van der Waals surface area contributed by atoms with E-state index >= 15 is 0 Å². The van der Waals surface area contributed by atoms with Crippen LogP contribution < -0.4 is 5.32 Å². The van der Waals surface area contributed by atoms with Gasteiger partial charge in [0.2, 0.25) is 5.91 Å². The minimum atomic E-state index is -1.40. The van der Waals surface area contributed by atoms with Gasteiger partial charge < -0.3 is 40.7 Å². The van der Waals surface area contributed by atoms with E-state index in [9.17, 15) is 35.4 Å². The second-order valence-corrected chi connectivity index (χ2v) is 18.9. The lowest BCUT2D eigenvalue weighted by Gasteiger charge is -2.40. The maximum Gasteiger partial charge on any atom is 0.220 e. The topological polar surface area (TPSA) is 160 Å². The quantitative estimate of drug-likeness (QED) is 0.0298. The molecule has 7 N–H and O–H groups in total. The molecule has 0 spiro atoms. The summed E-state index contributed by atoms with van der Waals surface area (Å²) in [4.78, 5) is 13.1. The van der Waals surface area contributed by atoms with Gasteiger partial charge in [0.15, 0.2) is 0 Å². The summed E-state index contributed by atoms with van der Waals surface area (Å²) in [6.45, 7) is 4.07. The Hall–Kier alpha value is -0.810. The smallest absolute Gasteiger partial charge is 0.220 e. The fourth-order valence-electron chi connectivity index (χ4n) is 9.09. The molecule has 6 unspecified atom stereocenters. The molecule has 60 heavy (non-hydrogen) atoms. The van der Waals surface area contributed by atoms with Crippen LogP contribution >= 0.6 is 0 Å². The van der Waals surface area contributed by atoms with Gasteiger partial charge in [-0.05, 0) is 25.7 Å². The SMILES string of the molecule is CCCCCCCCCCCCCCCCCCCCCCCC(=O)NC(CCCC[C@H]1OC(CO)[C@H](O)C(O)C1O)C(O)C(O)CCCCCCCCCCCCCC. The van der Waals surface area contributed by atoms with Crippen molar-refractivity contribution >= 4 is 5.91 Å². The van der Waals surface area contributed by atoms with E-state index in [-0.39, 0.29) is 5.91 Å². The van der Waals surface area contributed by atoms with Crippen LogP contribution in [0.5, 0.6) is 0 Å². The number of hydrogen-bond donors (Lipinski definition) is 7. The van der Waals surface area contributed by atoms with Crippen molar-refractivity contribution in [1.82, 2.24) is 5.32 Å². The van der Waals surface area contributed by atoms with Crippen molar-refractivity contribution in [3.8, 4) is 0 Å². The van der Waals surface area contributed by atoms with Crippen LogP contribution in [0.15, 0.2) is 0 Å². The molecule has 0 aliphatic carbocycles. The number of hydrogen-bond acceptors (Lipinski definition) is 8. The number of carbonyl (C=O) groups excluding carboxylic acids is 1. The molecule has 0 radical (unpaired) electrons. The van der Waals surface area contributed by atoms with Crippen molar-refractivity contribution in [1.29, 1.82) is 0 Å². The van der Waals surface area contributed by atoms with Gasteiger partial charge in [0.05, 0.1) is 31.0 Å². The Bertz CT molecular complexity index is 924. The van der Waals surface area contributed by atoms with Gasteiger partial charge in [0.25, 0.3) is 0 Å². The lowest BCUT2D eigenvalue weighted by molar-refractivity contribution is -0.230.